The third-order valence-electron chi connectivity index (χ3n) is 4.55. The Hall–Kier alpha value is -1.79. The number of carbonyl (C=O) groups is 1. The van der Waals surface area contributed by atoms with E-state index >= 15 is 0 Å². The molecule has 2 aromatic heterocycles. The van der Waals surface area contributed by atoms with Gasteiger partial charge in [-0.15, -0.1) is 0 Å². The molecule has 1 saturated carbocycles. The number of thiophene rings is 1. The maximum atomic E-state index is 12.8. The van der Waals surface area contributed by atoms with Crippen molar-refractivity contribution in [3.63, 3.8) is 0 Å². The van der Waals surface area contributed by atoms with Crippen LogP contribution in [-0.2, 0) is 24.3 Å². The van der Waals surface area contributed by atoms with Gasteiger partial charge in [-0.25, -0.2) is 9.97 Å². The maximum Gasteiger partial charge on any atom is 0.237 e. The molecular weight excluding hydrogens is 308 g/mol. The number of rotatable bonds is 5. The van der Waals surface area contributed by atoms with Crippen LogP contribution in [0, 0.1) is 0 Å². The Labute approximate surface area is 140 Å². The van der Waals surface area contributed by atoms with Crippen LogP contribution in [0.1, 0.15) is 29.7 Å². The van der Waals surface area contributed by atoms with Crippen LogP contribution in [0.25, 0.3) is 0 Å². The summed E-state index contributed by atoms with van der Waals surface area (Å²) in [6, 6.07) is 2.56. The van der Waals surface area contributed by atoms with Crippen molar-refractivity contribution in [1.29, 1.82) is 0 Å². The number of fused-ring (bicyclic) bond motifs is 1. The Morgan fingerprint density at radius 3 is 3.13 bits per heavy atom. The Bertz CT molecular complexity index is 684. The predicted molar refractivity (Wildman–Crippen MR) is 88.9 cm³/mol. The number of hydrogen-bond acceptors (Lipinski definition) is 5. The molecule has 0 radical (unpaired) electrons. The van der Waals surface area contributed by atoms with Crippen LogP contribution in [0.3, 0.4) is 0 Å². The van der Waals surface area contributed by atoms with Gasteiger partial charge in [0.1, 0.15) is 6.33 Å². The summed E-state index contributed by atoms with van der Waals surface area (Å²) < 4.78 is 0. The molecule has 1 fully saturated rings. The van der Waals surface area contributed by atoms with Crippen molar-refractivity contribution >= 4 is 17.2 Å². The van der Waals surface area contributed by atoms with Crippen molar-refractivity contribution < 1.29 is 4.79 Å². The van der Waals surface area contributed by atoms with Gasteiger partial charge in [0.15, 0.2) is 0 Å². The second-order valence-corrected chi connectivity index (χ2v) is 7.12. The van der Waals surface area contributed by atoms with Gasteiger partial charge in [0.05, 0.1) is 12.2 Å². The quantitative estimate of drug-likeness (QED) is 0.843. The lowest BCUT2D eigenvalue weighted by atomic mass is 10.1. The largest absolute Gasteiger partial charge is 0.334 e. The Balaban J connectivity index is 1.40. The molecule has 4 rings (SSSR count). The molecule has 0 N–H and O–H groups in total. The number of nitrogens with zero attached hydrogens (tertiary/aromatic N) is 4. The minimum Gasteiger partial charge on any atom is -0.334 e. The first kappa shape index (κ1) is 14.8. The second-order valence-electron chi connectivity index (χ2n) is 6.34. The van der Waals surface area contributed by atoms with E-state index in [9.17, 15) is 4.79 Å². The summed E-state index contributed by atoms with van der Waals surface area (Å²) in [6.07, 6.45) is 6.71. The highest BCUT2D eigenvalue weighted by Gasteiger charge is 2.33. The number of carbonyl (C=O) groups excluding carboxylic acids is 1. The lowest BCUT2D eigenvalue weighted by Gasteiger charge is -2.30. The SMILES string of the molecule is O=C(CN1CCc2cncnc2C1)N(Cc1ccsc1)C1CC1. The molecule has 1 aliphatic heterocycles. The first-order valence-electron chi connectivity index (χ1n) is 8.10. The highest BCUT2D eigenvalue weighted by Crippen LogP contribution is 2.29. The van der Waals surface area contributed by atoms with E-state index in [1.165, 1.54) is 11.1 Å². The van der Waals surface area contributed by atoms with Gasteiger partial charge in [0.2, 0.25) is 5.91 Å². The molecule has 0 unspecified atom stereocenters. The molecule has 120 valence electrons. The van der Waals surface area contributed by atoms with Crippen molar-refractivity contribution in [2.75, 3.05) is 13.1 Å². The summed E-state index contributed by atoms with van der Waals surface area (Å²) in [7, 11) is 0. The monoisotopic (exact) mass is 328 g/mol. The molecule has 5 nitrogen and oxygen atoms in total. The highest BCUT2D eigenvalue weighted by atomic mass is 32.1. The van der Waals surface area contributed by atoms with Gasteiger partial charge >= 0.3 is 0 Å². The molecule has 0 aromatic carbocycles. The van der Waals surface area contributed by atoms with Crippen LogP contribution >= 0.6 is 11.3 Å². The number of hydrogen-bond donors (Lipinski definition) is 0. The predicted octanol–water partition coefficient (Wildman–Crippen LogP) is 2.09. The van der Waals surface area contributed by atoms with Crippen molar-refractivity contribution in [2.24, 2.45) is 0 Å². The zero-order valence-electron chi connectivity index (χ0n) is 13.0. The van der Waals surface area contributed by atoms with E-state index in [1.54, 1.807) is 17.7 Å². The van der Waals surface area contributed by atoms with Gasteiger partial charge in [-0.2, -0.15) is 11.3 Å². The topological polar surface area (TPSA) is 49.3 Å². The van der Waals surface area contributed by atoms with Gasteiger partial charge in [-0.1, -0.05) is 0 Å². The first-order valence-corrected chi connectivity index (χ1v) is 9.04. The molecule has 1 aliphatic carbocycles. The molecule has 0 atom stereocenters. The standard InChI is InChI=1S/C17H20N4OS/c22-17(21(15-1-2-15)8-13-4-6-23-11-13)10-20-5-3-14-7-18-12-19-16(14)9-20/h4,6-7,11-12,15H,1-3,5,8-10H2. The van der Waals surface area contributed by atoms with E-state index in [2.05, 4.69) is 36.6 Å². The normalized spacial score (nSPS) is 17.7. The van der Waals surface area contributed by atoms with Crippen molar-refractivity contribution in [1.82, 2.24) is 19.8 Å². The number of aromatic nitrogens is 2. The minimum absolute atomic E-state index is 0.246. The summed E-state index contributed by atoms with van der Waals surface area (Å²) in [5.74, 6) is 0.246. The van der Waals surface area contributed by atoms with Crippen LogP contribution in [0.2, 0.25) is 0 Å². The van der Waals surface area contributed by atoms with E-state index in [1.807, 2.05) is 6.20 Å². The van der Waals surface area contributed by atoms with Crippen molar-refractivity contribution in [3.8, 4) is 0 Å². The van der Waals surface area contributed by atoms with Crippen LogP contribution in [0.5, 0.6) is 0 Å². The highest BCUT2D eigenvalue weighted by molar-refractivity contribution is 7.07. The summed E-state index contributed by atoms with van der Waals surface area (Å²) >= 11 is 1.69. The van der Waals surface area contributed by atoms with Crippen LogP contribution in [-0.4, -0.2) is 44.8 Å². The second kappa shape index (κ2) is 6.37. The minimum atomic E-state index is 0.246. The Kier molecular flexibility index (Phi) is 4.10. The molecule has 2 aliphatic rings. The molecule has 0 bridgehead atoms. The molecule has 0 saturated heterocycles. The lowest BCUT2D eigenvalue weighted by molar-refractivity contribution is -0.133. The summed E-state index contributed by atoms with van der Waals surface area (Å²) in [6.45, 7) is 2.90. The Morgan fingerprint density at radius 1 is 1.43 bits per heavy atom. The summed E-state index contributed by atoms with van der Waals surface area (Å²) in [5.41, 5.74) is 3.52. The molecule has 6 heteroatoms. The fourth-order valence-electron chi connectivity index (χ4n) is 3.11. The van der Waals surface area contributed by atoms with Gasteiger partial charge in [-0.05, 0) is 47.2 Å². The van der Waals surface area contributed by atoms with E-state index < -0.39 is 0 Å². The van der Waals surface area contributed by atoms with Crippen LogP contribution in [0.15, 0.2) is 29.4 Å². The van der Waals surface area contributed by atoms with Crippen molar-refractivity contribution in [2.45, 2.75) is 38.4 Å². The van der Waals surface area contributed by atoms with E-state index in [0.29, 0.717) is 12.6 Å². The van der Waals surface area contributed by atoms with E-state index in [-0.39, 0.29) is 5.91 Å². The van der Waals surface area contributed by atoms with Gasteiger partial charge < -0.3 is 4.90 Å². The van der Waals surface area contributed by atoms with Crippen LogP contribution in [0.4, 0.5) is 0 Å². The van der Waals surface area contributed by atoms with Crippen LogP contribution < -0.4 is 0 Å². The first-order chi connectivity index (χ1) is 11.3. The summed E-state index contributed by atoms with van der Waals surface area (Å²) in [4.78, 5) is 25.5. The fraction of sp³-hybridized carbons (Fsp3) is 0.471. The molecular formula is C17H20N4OS. The average molecular weight is 328 g/mol. The maximum absolute atomic E-state index is 12.8. The van der Waals surface area contributed by atoms with Gasteiger partial charge in [-0.3, -0.25) is 9.69 Å². The van der Waals surface area contributed by atoms with Gasteiger partial charge in [0.25, 0.3) is 0 Å². The molecule has 0 spiro atoms. The average Bonchev–Trinajstić information content (AvgIpc) is 3.28. The van der Waals surface area contributed by atoms with E-state index in [0.717, 1.165) is 44.6 Å². The molecule has 1 amide bonds. The van der Waals surface area contributed by atoms with Crippen molar-refractivity contribution in [3.05, 3.63) is 46.2 Å². The summed E-state index contributed by atoms with van der Waals surface area (Å²) in [5, 5.41) is 4.21. The smallest absolute Gasteiger partial charge is 0.237 e. The zero-order valence-corrected chi connectivity index (χ0v) is 13.8. The van der Waals surface area contributed by atoms with Gasteiger partial charge in [0, 0.05) is 31.9 Å². The van der Waals surface area contributed by atoms with E-state index in [4.69, 9.17) is 0 Å². The third-order valence-corrected chi connectivity index (χ3v) is 5.28. The number of amides is 1. The molecule has 23 heavy (non-hydrogen) atoms. The molecule has 3 heterocycles. The zero-order chi connectivity index (χ0) is 15.6. The fourth-order valence-corrected chi connectivity index (χ4v) is 3.77. The lowest BCUT2D eigenvalue weighted by Crippen LogP contribution is -2.43. The third kappa shape index (κ3) is 3.43. The Morgan fingerprint density at radius 2 is 2.35 bits per heavy atom. The molecule has 2 aromatic rings.